The quantitative estimate of drug-likeness (QED) is 0.824. The molecule has 2 amide bonds. The van der Waals surface area contributed by atoms with Crippen LogP contribution >= 0.6 is 0 Å². The van der Waals surface area contributed by atoms with Crippen molar-refractivity contribution in [2.24, 2.45) is 0 Å². The van der Waals surface area contributed by atoms with Gasteiger partial charge in [0.2, 0.25) is 0 Å². The van der Waals surface area contributed by atoms with E-state index in [0.717, 1.165) is 37.4 Å². The smallest absolute Gasteiger partial charge is 0.315 e. The van der Waals surface area contributed by atoms with Gasteiger partial charge in [-0.2, -0.15) is 0 Å². The van der Waals surface area contributed by atoms with Gasteiger partial charge in [-0.05, 0) is 50.4 Å². The Hall–Kier alpha value is -1.79. The van der Waals surface area contributed by atoms with Gasteiger partial charge in [0.15, 0.2) is 0 Å². The SMILES string of the molecule is COc1cccc(C[C@H](C)NC(=O)NC[C@@H]2CN3CCC[C@@H]3CO2)c1. The van der Waals surface area contributed by atoms with Gasteiger partial charge in [0.25, 0.3) is 0 Å². The molecular weight excluding hydrogens is 318 g/mol. The number of methoxy groups -OCH3 is 1. The van der Waals surface area contributed by atoms with E-state index in [1.165, 1.54) is 12.8 Å². The van der Waals surface area contributed by atoms with Crippen molar-refractivity contribution < 1.29 is 14.3 Å². The maximum Gasteiger partial charge on any atom is 0.315 e. The number of carbonyl (C=O) groups excluding carboxylic acids is 1. The fourth-order valence-electron chi connectivity index (χ4n) is 3.69. The van der Waals surface area contributed by atoms with Crippen LogP contribution in [0.2, 0.25) is 0 Å². The molecule has 0 unspecified atom stereocenters. The van der Waals surface area contributed by atoms with Crippen LogP contribution in [0.15, 0.2) is 24.3 Å². The monoisotopic (exact) mass is 347 g/mol. The van der Waals surface area contributed by atoms with E-state index in [-0.39, 0.29) is 18.2 Å². The van der Waals surface area contributed by atoms with Crippen molar-refractivity contribution in [3.8, 4) is 5.75 Å². The molecule has 2 heterocycles. The highest BCUT2D eigenvalue weighted by molar-refractivity contribution is 5.74. The van der Waals surface area contributed by atoms with Gasteiger partial charge >= 0.3 is 6.03 Å². The average Bonchev–Trinajstić information content (AvgIpc) is 3.07. The summed E-state index contributed by atoms with van der Waals surface area (Å²) in [5, 5.41) is 5.94. The molecule has 0 spiro atoms. The van der Waals surface area contributed by atoms with Gasteiger partial charge in [0.05, 0.1) is 19.8 Å². The van der Waals surface area contributed by atoms with E-state index in [2.05, 4.69) is 15.5 Å². The summed E-state index contributed by atoms with van der Waals surface area (Å²) in [5.74, 6) is 0.837. The highest BCUT2D eigenvalue weighted by Gasteiger charge is 2.32. The van der Waals surface area contributed by atoms with Crippen LogP contribution in [-0.4, -0.2) is 62.5 Å². The van der Waals surface area contributed by atoms with E-state index in [0.29, 0.717) is 12.6 Å². The van der Waals surface area contributed by atoms with Crippen LogP contribution in [-0.2, 0) is 11.2 Å². The number of fused-ring (bicyclic) bond motifs is 1. The van der Waals surface area contributed by atoms with Crippen molar-refractivity contribution in [3.05, 3.63) is 29.8 Å². The lowest BCUT2D eigenvalue weighted by Crippen LogP contribution is -2.51. The molecular formula is C19H29N3O3. The third kappa shape index (κ3) is 5.09. The lowest BCUT2D eigenvalue weighted by Gasteiger charge is -2.35. The average molecular weight is 347 g/mol. The lowest BCUT2D eigenvalue weighted by atomic mass is 10.1. The number of ether oxygens (including phenoxy) is 2. The number of rotatable bonds is 6. The first kappa shape index (κ1) is 18.0. The zero-order chi connectivity index (χ0) is 17.6. The van der Waals surface area contributed by atoms with Crippen LogP contribution in [0.4, 0.5) is 4.79 Å². The maximum atomic E-state index is 12.1. The molecule has 3 atom stereocenters. The Labute approximate surface area is 149 Å². The molecule has 3 rings (SSSR count). The predicted molar refractivity (Wildman–Crippen MR) is 97.0 cm³/mol. The third-order valence-electron chi connectivity index (χ3n) is 5.01. The normalized spacial score (nSPS) is 24.4. The van der Waals surface area contributed by atoms with Crippen molar-refractivity contribution in [3.63, 3.8) is 0 Å². The number of benzene rings is 1. The van der Waals surface area contributed by atoms with Gasteiger partial charge < -0.3 is 20.1 Å². The van der Waals surface area contributed by atoms with Crippen molar-refractivity contribution in [2.45, 2.75) is 44.4 Å². The molecule has 0 aromatic heterocycles. The van der Waals surface area contributed by atoms with E-state index in [9.17, 15) is 4.79 Å². The molecule has 6 nitrogen and oxygen atoms in total. The number of carbonyl (C=O) groups is 1. The molecule has 2 N–H and O–H groups in total. The molecule has 2 fully saturated rings. The minimum atomic E-state index is -0.137. The number of nitrogens with zero attached hydrogens (tertiary/aromatic N) is 1. The van der Waals surface area contributed by atoms with Gasteiger partial charge in [-0.1, -0.05) is 12.1 Å². The van der Waals surface area contributed by atoms with Gasteiger partial charge in [-0.3, -0.25) is 4.90 Å². The molecule has 6 heteroatoms. The molecule has 2 aliphatic rings. The van der Waals surface area contributed by atoms with Gasteiger partial charge in [0, 0.05) is 25.2 Å². The summed E-state index contributed by atoms with van der Waals surface area (Å²) in [6.07, 6.45) is 3.35. The van der Waals surface area contributed by atoms with E-state index >= 15 is 0 Å². The van der Waals surface area contributed by atoms with E-state index in [1.54, 1.807) is 7.11 Å². The Bertz CT molecular complexity index is 581. The van der Waals surface area contributed by atoms with Crippen molar-refractivity contribution >= 4 is 6.03 Å². The topological polar surface area (TPSA) is 62.8 Å². The standard InChI is InChI=1S/C19H29N3O3/c1-14(9-15-5-3-7-17(10-15)24-2)21-19(23)20-11-18-12-22-8-4-6-16(22)13-25-18/h3,5,7,10,14,16,18H,4,6,8-9,11-13H2,1-2H3,(H2,20,21,23)/t14-,16+,18+/m0/s1. The molecule has 0 bridgehead atoms. The fourth-order valence-corrected chi connectivity index (χ4v) is 3.69. The van der Waals surface area contributed by atoms with Crippen LogP contribution in [0.5, 0.6) is 5.75 Å². The van der Waals surface area contributed by atoms with Crippen molar-refractivity contribution in [1.82, 2.24) is 15.5 Å². The third-order valence-corrected chi connectivity index (χ3v) is 5.01. The summed E-state index contributed by atoms with van der Waals surface area (Å²) in [6, 6.07) is 8.42. The minimum Gasteiger partial charge on any atom is -0.497 e. The summed E-state index contributed by atoms with van der Waals surface area (Å²) in [4.78, 5) is 14.6. The fraction of sp³-hybridized carbons (Fsp3) is 0.632. The summed E-state index contributed by atoms with van der Waals surface area (Å²) >= 11 is 0. The van der Waals surface area contributed by atoms with Gasteiger partial charge in [-0.25, -0.2) is 4.79 Å². The van der Waals surface area contributed by atoms with Crippen LogP contribution in [0, 0.1) is 0 Å². The lowest BCUT2D eigenvalue weighted by molar-refractivity contribution is -0.0458. The van der Waals surface area contributed by atoms with Gasteiger partial charge in [-0.15, -0.1) is 0 Å². The number of morpholine rings is 1. The van der Waals surface area contributed by atoms with Crippen LogP contribution < -0.4 is 15.4 Å². The Balaban J connectivity index is 1.38. The van der Waals surface area contributed by atoms with Crippen LogP contribution in [0.3, 0.4) is 0 Å². The van der Waals surface area contributed by atoms with Gasteiger partial charge in [0.1, 0.15) is 5.75 Å². The van der Waals surface area contributed by atoms with E-state index < -0.39 is 0 Å². The second-order valence-corrected chi connectivity index (χ2v) is 7.06. The zero-order valence-electron chi connectivity index (χ0n) is 15.2. The molecule has 1 aromatic carbocycles. The minimum absolute atomic E-state index is 0.0438. The summed E-state index contributed by atoms with van der Waals surface area (Å²) in [6.45, 7) is 5.44. The summed E-state index contributed by atoms with van der Waals surface area (Å²) < 4.78 is 11.1. The number of urea groups is 1. The molecule has 0 saturated carbocycles. The van der Waals surface area contributed by atoms with Crippen molar-refractivity contribution in [1.29, 1.82) is 0 Å². The highest BCUT2D eigenvalue weighted by Crippen LogP contribution is 2.22. The molecule has 138 valence electrons. The first-order chi connectivity index (χ1) is 12.1. The molecule has 2 aliphatic heterocycles. The Kier molecular flexibility index (Phi) is 6.15. The first-order valence-electron chi connectivity index (χ1n) is 9.17. The number of hydrogen-bond donors (Lipinski definition) is 2. The van der Waals surface area contributed by atoms with E-state index in [1.807, 2.05) is 31.2 Å². The van der Waals surface area contributed by atoms with E-state index in [4.69, 9.17) is 9.47 Å². The Morgan fingerprint density at radius 3 is 3.20 bits per heavy atom. The number of hydrogen-bond acceptors (Lipinski definition) is 4. The predicted octanol–water partition coefficient (Wildman–Crippen LogP) is 1.79. The maximum absolute atomic E-state index is 12.1. The largest absolute Gasteiger partial charge is 0.497 e. The Morgan fingerprint density at radius 2 is 2.36 bits per heavy atom. The molecule has 0 radical (unpaired) electrons. The number of nitrogens with one attached hydrogen (secondary N) is 2. The molecule has 1 aromatic rings. The summed E-state index contributed by atoms with van der Waals surface area (Å²) in [7, 11) is 1.66. The second kappa shape index (κ2) is 8.54. The molecule has 0 aliphatic carbocycles. The molecule has 25 heavy (non-hydrogen) atoms. The van der Waals surface area contributed by atoms with Crippen molar-refractivity contribution in [2.75, 3.05) is 33.4 Å². The second-order valence-electron chi connectivity index (χ2n) is 7.06. The van der Waals surface area contributed by atoms with Crippen LogP contribution in [0.1, 0.15) is 25.3 Å². The highest BCUT2D eigenvalue weighted by atomic mass is 16.5. The molecule has 2 saturated heterocycles. The zero-order valence-corrected chi connectivity index (χ0v) is 15.2. The first-order valence-corrected chi connectivity index (χ1v) is 9.17. The van der Waals surface area contributed by atoms with Crippen LogP contribution in [0.25, 0.3) is 0 Å². The Morgan fingerprint density at radius 1 is 1.48 bits per heavy atom. The number of amides is 2. The summed E-state index contributed by atoms with van der Waals surface area (Å²) in [5.41, 5.74) is 1.14.